The second-order valence-electron chi connectivity index (χ2n) is 7.83. The van der Waals surface area contributed by atoms with Gasteiger partial charge in [-0.15, -0.1) is 0 Å². The van der Waals surface area contributed by atoms with Gasteiger partial charge >= 0.3 is 0 Å². The molecule has 1 fully saturated rings. The highest BCUT2D eigenvalue weighted by molar-refractivity contribution is 7.22. The smallest absolute Gasteiger partial charge is 0.260 e. The van der Waals surface area contributed by atoms with Gasteiger partial charge in [-0.2, -0.15) is 0 Å². The van der Waals surface area contributed by atoms with E-state index in [0.717, 1.165) is 49.5 Å². The van der Waals surface area contributed by atoms with Gasteiger partial charge in [0.15, 0.2) is 5.13 Å². The summed E-state index contributed by atoms with van der Waals surface area (Å²) in [5, 5.41) is 0.708. The minimum atomic E-state index is -0.111. The van der Waals surface area contributed by atoms with Gasteiger partial charge in [-0.25, -0.2) is 4.98 Å². The van der Waals surface area contributed by atoms with Crippen molar-refractivity contribution in [3.63, 3.8) is 0 Å². The molecule has 1 saturated heterocycles. The number of fused-ring (bicyclic) bond motifs is 1. The number of nitrogens with zero attached hydrogens (tertiary/aromatic N) is 3. The van der Waals surface area contributed by atoms with Crippen LogP contribution in [0.5, 0.6) is 11.5 Å². The lowest BCUT2D eigenvalue weighted by Crippen LogP contribution is -2.39. The van der Waals surface area contributed by atoms with Gasteiger partial charge in [0.25, 0.3) is 5.91 Å². The monoisotopic (exact) mass is 455 g/mol. The van der Waals surface area contributed by atoms with Crippen LogP contribution in [0.4, 0.5) is 5.13 Å². The molecule has 32 heavy (non-hydrogen) atoms. The molecule has 2 aromatic carbocycles. The molecule has 0 unspecified atom stereocenters. The zero-order valence-corrected chi connectivity index (χ0v) is 19.6. The van der Waals surface area contributed by atoms with Crippen LogP contribution < -0.4 is 14.4 Å². The number of hydrogen-bond donors (Lipinski definition) is 0. The highest BCUT2D eigenvalue weighted by atomic mass is 32.1. The molecule has 0 radical (unpaired) electrons. The van der Waals surface area contributed by atoms with Crippen molar-refractivity contribution in [2.24, 2.45) is 0 Å². The van der Waals surface area contributed by atoms with Crippen LogP contribution in [-0.4, -0.2) is 69.4 Å². The number of aromatic nitrogens is 1. The topological polar surface area (TPSA) is 64.1 Å². The first kappa shape index (κ1) is 22.5. The van der Waals surface area contributed by atoms with Gasteiger partial charge < -0.3 is 14.2 Å². The van der Waals surface area contributed by atoms with Crippen LogP contribution in [0, 0.1) is 6.92 Å². The van der Waals surface area contributed by atoms with E-state index in [9.17, 15) is 4.79 Å². The van der Waals surface area contributed by atoms with E-state index >= 15 is 0 Å². The third-order valence-electron chi connectivity index (χ3n) is 5.57. The maximum atomic E-state index is 13.7. The van der Waals surface area contributed by atoms with Gasteiger partial charge in [-0.05, 0) is 43.2 Å². The van der Waals surface area contributed by atoms with Gasteiger partial charge in [0.1, 0.15) is 11.5 Å². The van der Waals surface area contributed by atoms with Crippen LogP contribution in [-0.2, 0) is 4.74 Å². The summed E-state index contributed by atoms with van der Waals surface area (Å²) >= 11 is 1.55. The van der Waals surface area contributed by atoms with E-state index in [0.29, 0.717) is 28.7 Å². The Morgan fingerprint density at radius 3 is 2.53 bits per heavy atom. The Balaban J connectivity index is 1.62. The summed E-state index contributed by atoms with van der Waals surface area (Å²) in [7, 11) is 3.16. The van der Waals surface area contributed by atoms with E-state index in [4.69, 9.17) is 19.2 Å². The predicted molar refractivity (Wildman–Crippen MR) is 127 cm³/mol. The number of morpholine rings is 1. The number of methoxy groups -OCH3 is 2. The molecule has 3 aromatic rings. The Labute approximate surface area is 192 Å². The number of ether oxygens (including phenoxy) is 3. The summed E-state index contributed by atoms with van der Waals surface area (Å²) in [6, 6.07) is 11.4. The minimum Gasteiger partial charge on any atom is -0.497 e. The molecular weight excluding hydrogens is 426 g/mol. The molecule has 2 heterocycles. The maximum absolute atomic E-state index is 13.7. The lowest BCUT2D eigenvalue weighted by Gasteiger charge is -2.27. The van der Waals surface area contributed by atoms with Crippen molar-refractivity contribution >= 4 is 32.6 Å². The van der Waals surface area contributed by atoms with Crippen LogP contribution in [0.1, 0.15) is 22.3 Å². The zero-order valence-electron chi connectivity index (χ0n) is 18.8. The second kappa shape index (κ2) is 10.3. The molecular formula is C24H29N3O4S. The highest BCUT2D eigenvalue weighted by Crippen LogP contribution is 2.32. The largest absolute Gasteiger partial charge is 0.497 e. The molecule has 1 aliphatic rings. The summed E-state index contributed by atoms with van der Waals surface area (Å²) in [5.74, 6) is 1.06. The molecule has 0 N–H and O–H groups in total. The van der Waals surface area contributed by atoms with Crippen LogP contribution >= 0.6 is 11.3 Å². The molecule has 0 spiro atoms. The average Bonchev–Trinajstić information content (AvgIpc) is 3.24. The van der Waals surface area contributed by atoms with E-state index in [1.54, 1.807) is 48.7 Å². The standard InChI is InChI=1S/C24H29N3O4S/c1-17-5-6-21-22(13-17)32-24(25-21)27(8-4-7-26-9-11-31-12-10-26)23(28)18-14-19(29-2)16-20(15-18)30-3/h5-6,13-16H,4,7-12H2,1-3H3. The Bertz CT molecular complexity index is 1060. The Hall–Kier alpha value is -2.68. The minimum absolute atomic E-state index is 0.111. The first-order valence-corrected chi connectivity index (χ1v) is 11.6. The van der Waals surface area contributed by atoms with E-state index in [-0.39, 0.29) is 5.91 Å². The first-order chi connectivity index (χ1) is 15.6. The number of amides is 1. The third kappa shape index (κ3) is 5.20. The van der Waals surface area contributed by atoms with Crippen LogP contribution in [0.15, 0.2) is 36.4 Å². The Morgan fingerprint density at radius 2 is 1.84 bits per heavy atom. The van der Waals surface area contributed by atoms with Crippen LogP contribution in [0.25, 0.3) is 10.2 Å². The number of carbonyl (C=O) groups is 1. The summed E-state index contributed by atoms with van der Waals surface area (Å²) < 4.78 is 17.3. The van der Waals surface area contributed by atoms with Crippen molar-refractivity contribution in [2.75, 3.05) is 58.5 Å². The third-order valence-corrected chi connectivity index (χ3v) is 6.61. The molecule has 8 heteroatoms. The van der Waals surface area contributed by atoms with Gasteiger partial charge in [0.05, 0.1) is 37.6 Å². The van der Waals surface area contributed by atoms with E-state index < -0.39 is 0 Å². The van der Waals surface area contributed by atoms with E-state index in [1.165, 1.54) is 5.56 Å². The number of hydrogen-bond acceptors (Lipinski definition) is 7. The van der Waals surface area contributed by atoms with Gasteiger partial charge in [0.2, 0.25) is 0 Å². The Morgan fingerprint density at radius 1 is 1.12 bits per heavy atom. The molecule has 7 nitrogen and oxygen atoms in total. The summed E-state index contributed by atoms with van der Waals surface area (Å²) in [6.07, 6.45) is 0.849. The van der Waals surface area contributed by atoms with Crippen LogP contribution in [0.3, 0.4) is 0 Å². The fourth-order valence-electron chi connectivity index (χ4n) is 3.78. The molecule has 4 rings (SSSR count). The molecule has 0 saturated carbocycles. The molecule has 0 atom stereocenters. The van der Waals surface area contributed by atoms with E-state index in [2.05, 4.69) is 17.9 Å². The number of carbonyl (C=O) groups excluding carboxylic acids is 1. The van der Waals surface area contributed by atoms with E-state index in [1.807, 2.05) is 12.1 Å². The van der Waals surface area contributed by atoms with Crippen molar-refractivity contribution in [3.8, 4) is 11.5 Å². The molecule has 1 aliphatic heterocycles. The highest BCUT2D eigenvalue weighted by Gasteiger charge is 2.23. The predicted octanol–water partition coefficient (Wildman–Crippen LogP) is 3.99. The molecule has 1 aromatic heterocycles. The molecule has 0 bridgehead atoms. The van der Waals surface area contributed by atoms with Crippen molar-refractivity contribution in [1.82, 2.24) is 9.88 Å². The normalized spacial score (nSPS) is 14.5. The lowest BCUT2D eigenvalue weighted by molar-refractivity contribution is 0.0376. The number of benzene rings is 2. The van der Waals surface area contributed by atoms with Crippen molar-refractivity contribution in [1.29, 1.82) is 0 Å². The first-order valence-electron chi connectivity index (χ1n) is 10.8. The number of thiazole rings is 1. The molecule has 0 aliphatic carbocycles. The number of aryl methyl sites for hydroxylation is 1. The summed E-state index contributed by atoms with van der Waals surface area (Å²) in [4.78, 5) is 22.6. The van der Waals surface area contributed by atoms with Gasteiger partial charge in [0, 0.05) is 37.8 Å². The maximum Gasteiger partial charge on any atom is 0.260 e. The molecule has 170 valence electrons. The van der Waals surface area contributed by atoms with Crippen molar-refractivity contribution in [3.05, 3.63) is 47.5 Å². The SMILES string of the molecule is COc1cc(OC)cc(C(=O)N(CCCN2CCOCC2)c2nc3ccc(C)cc3s2)c1. The van der Waals surface area contributed by atoms with Crippen molar-refractivity contribution < 1.29 is 19.0 Å². The number of anilines is 1. The van der Waals surface area contributed by atoms with Gasteiger partial charge in [-0.1, -0.05) is 17.4 Å². The Kier molecular flexibility index (Phi) is 7.24. The molecule has 1 amide bonds. The fraction of sp³-hybridized carbons (Fsp3) is 0.417. The van der Waals surface area contributed by atoms with Crippen LogP contribution in [0.2, 0.25) is 0 Å². The summed E-state index contributed by atoms with van der Waals surface area (Å²) in [6.45, 7) is 6.95. The zero-order chi connectivity index (χ0) is 22.5. The van der Waals surface area contributed by atoms with Crippen molar-refractivity contribution in [2.45, 2.75) is 13.3 Å². The fourth-order valence-corrected chi connectivity index (χ4v) is 4.87. The quantitative estimate of drug-likeness (QED) is 0.512. The number of rotatable bonds is 8. The van der Waals surface area contributed by atoms with Gasteiger partial charge in [-0.3, -0.25) is 14.6 Å². The summed E-state index contributed by atoms with van der Waals surface area (Å²) in [5.41, 5.74) is 2.60. The second-order valence-corrected chi connectivity index (χ2v) is 8.84. The lowest BCUT2D eigenvalue weighted by atomic mass is 10.1. The average molecular weight is 456 g/mol.